The quantitative estimate of drug-likeness (QED) is 0.398. The Balaban J connectivity index is 1.82. The number of benzene rings is 2. The van der Waals surface area contributed by atoms with Gasteiger partial charge in [0.15, 0.2) is 11.6 Å². The number of nitrogens with zero attached hydrogens (tertiary/aromatic N) is 1. The summed E-state index contributed by atoms with van der Waals surface area (Å²) < 4.78 is 60.3. The third-order valence-corrected chi connectivity index (χ3v) is 6.94. The summed E-state index contributed by atoms with van der Waals surface area (Å²) in [5.41, 5.74) is 4.49. The summed E-state index contributed by atoms with van der Waals surface area (Å²) in [6.07, 6.45) is 6.40. The zero-order valence-corrected chi connectivity index (χ0v) is 19.9. The van der Waals surface area contributed by atoms with Crippen molar-refractivity contribution in [3.05, 3.63) is 77.6 Å². The number of aryl methyl sites for hydroxylation is 1. The maximum atomic E-state index is 14.3. The van der Waals surface area contributed by atoms with Crippen LogP contribution in [-0.4, -0.2) is 19.2 Å². The van der Waals surface area contributed by atoms with Gasteiger partial charge in [0.25, 0.3) is 0 Å². The van der Waals surface area contributed by atoms with Crippen molar-refractivity contribution in [1.82, 2.24) is 4.98 Å². The average Bonchev–Trinajstić information content (AvgIpc) is 2.81. The Labute approximate surface area is 198 Å². The van der Waals surface area contributed by atoms with E-state index in [9.17, 15) is 17.2 Å². The highest BCUT2D eigenvalue weighted by Gasteiger charge is 2.17. The fourth-order valence-electron chi connectivity index (χ4n) is 3.90. The van der Waals surface area contributed by atoms with Gasteiger partial charge in [0.2, 0.25) is 10.0 Å². The Bertz CT molecular complexity index is 1350. The van der Waals surface area contributed by atoms with Crippen molar-refractivity contribution in [3.63, 3.8) is 0 Å². The maximum Gasteiger partial charge on any atom is 0.232 e. The molecule has 0 saturated carbocycles. The van der Waals surface area contributed by atoms with E-state index in [2.05, 4.69) is 10.8 Å². The highest BCUT2D eigenvalue weighted by molar-refractivity contribution is 7.92. The molecule has 2 aromatic carbocycles. The molecular weight excluding hydrogens is 458 g/mol. The topological polar surface area (TPSA) is 68.3 Å². The first kappa shape index (κ1) is 23.9. The second-order valence-electron chi connectivity index (χ2n) is 8.25. The van der Waals surface area contributed by atoms with Crippen LogP contribution in [0.4, 0.5) is 14.5 Å². The molecule has 3 aromatic rings. The van der Waals surface area contributed by atoms with Crippen LogP contribution in [0.1, 0.15) is 44.0 Å². The lowest BCUT2D eigenvalue weighted by Gasteiger charge is -2.17. The lowest BCUT2D eigenvalue weighted by molar-refractivity contribution is 0.439. The maximum absolute atomic E-state index is 14.3. The highest BCUT2D eigenvalue weighted by Crippen LogP contribution is 2.38. The van der Waals surface area contributed by atoms with Crippen molar-refractivity contribution in [1.29, 1.82) is 0 Å². The molecule has 1 aliphatic rings. The van der Waals surface area contributed by atoms with Gasteiger partial charge in [-0.05, 0) is 93.1 Å². The van der Waals surface area contributed by atoms with Crippen LogP contribution in [0.5, 0.6) is 11.5 Å². The number of nitrogens with one attached hydrogen (secondary N) is 1. The van der Waals surface area contributed by atoms with Gasteiger partial charge in [0, 0.05) is 23.0 Å². The number of hydrogen-bond acceptors (Lipinski definition) is 4. The second kappa shape index (κ2) is 9.93. The van der Waals surface area contributed by atoms with Crippen LogP contribution in [0.3, 0.4) is 0 Å². The van der Waals surface area contributed by atoms with Crippen LogP contribution in [0.15, 0.2) is 54.6 Å². The summed E-state index contributed by atoms with van der Waals surface area (Å²) in [5, 5.41) is 0. The summed E-state index contributed by atoms with van der Waals surface area (Å²) in [6, 6.07) is 11.7. The Morgan fingerprint density at radius 2 is 1.82 bits per heavy atom. The minimum atomic E-state index is -3.50. The highest BCUT2D eigenvalue weighted by atomic mass is 32.2. The SMILES string of the molecule is CCS(=O)(=O)Nc1ccc(Oc2ccc(F)cc2F)c(-c2cc(C)nc(C3=CCCCC3)c2)c1. The smallest absolute Gasteiger partial charge is 0.232 e. The van der Waals surface area contributed by atoms with Crippen molar-refractivity contribution < 1.29 is 21.9 Å². The molecule has 0 fully saturated rings. The minimum Gasteiger partial charge on any atom is -0.454 e. The number of anilines is 1. The fraction of sp³-hybridized carbons (Fsp3) is 0.269. The van der Waals surface area contributed by atoms with Gasteiger partial charge in [-0.1, -0.05) is 6.08 Å². The van der Waals surface area contributed by atoms with Gasteiger partial charge >= 0.3 is 0 Å². The van der Waals surface area contributed by atoms with E-state index in [1.165, 1.54) is 11.6 Å². The Morgan fingerprint density at radius 3 is 2.53 bits per heavy atom. The lowest BCUT2D eigenvalue weighted by atomic mass is 9.94. The van der Waals surface area contributed by atoms with E-state index in [1.54, 1.807) is 25.1 Å². The van der Waals surface area contributed by atoms with Crippen LogP contribution in [0, 0.1) is 18.6 Å². The molecule has 0 atom stereocenters. The Kier molecular flexibility index (Phi) is 6.97. The molecule has 0 spiro atoms. The molecule has 0 unspecified atom stereocenters. The van der Waals surface area contributed by atoms with Gasteiger partial charge in [0.1, 0.15) is 11.6 Å². The van der Waals surface area contributed by atoms with Crippen molar-refractivity contribution in [2.24, 2.45) is 0 Å². The summed E-state index contributed by atoms with van der Waals surface area (Å²) in [6.45, 7) is 3.44. The number of pyridine rings is 1. The van der Waals surface area contributed by atoms with Gasteiger partial charge in [-0.2, -0.15) is 0 Å². The molecule has 0 aliphatic heterocycles. The van der Waals surface area contributed by atoms with Crippen LogP contribution in [0.25, 0.3) is 16.7 Å². The summed E-state index contributed by atoms with van der Waals surface area (Å²) in [7, 11) is -3.50. The van der Waals surface area contributed by atoms with E-state index in [0.29, 0.717) is 17.0 Å². The molecule has 0 amide bonds. The van der Waals surface area contributed by atoms with Crippen molar-refractivity contribution in [2.45, 2.75) is 39.5 Å². The number of sulfonamides is 1. The van der Waals surface area contributed by atoms with E-state index in [-0.39, 0.29) is 11.5 Å². The number of ether oxygens (including phenoxy) is 1. The standard InChI is InChI=1S/C26H26F2N2O3S/c1-3-34(31,32)30-21-10-12-25(33-26-11-9-20(27)15-23(26)28)22(16-21)19-13-17(2)29-24(14-19)18-7-5-4-6-8-18/h7,9-16,30H,3-6,8H2,1-2H3. The first-order chi connectivity index (χ1) is 16.2. The predicted molar refractivity (Wildman–Crippen MR) is 130 cm³/mol. The van der Waals surface area contributed by atoms with E-state index in [4.69, 9.17) is 9.72 Å². The van der Waals surface area contributed by atoms with Gasteiger partial charge in [0.05, 0.1) is 11.4 Å². The molecule has 1 aliphatic carbocycles. The molecule has 34 heavy (non-hydrogen) atoms. The zero-order chi connectivity index (χ0) is 24.3. The minimum absolute atomic E-state index is 0.0754. The van der Waals surface area contributed by atoms with Gasteiger partial charge in [-0.25, -0.2) is 17.2 Å². The molecule has 1 N–H and O–H groups in total. The molecule has 0 bridgehead atoms. The molecule has 1 aromatic heterocycles. The van der Waals surface area contributed by atoms with Crippen molar-refractivity contribution in [2.75, 3.05) is 10.5 Å². The molecule has 0 radical (unpaired) electrons. The van der Waals surface area contributed by atoms with Gasteiger partial charge in [-0.15, -0.1) is 0 Å². The van der Waals surface area contributed by atoms with Crippen LogP contribution in [-0.2, 0) is 10.0 Å². The number of halogens is 2. The van der Waals surface area contributed by atoms with Crippen LogP contribution < -0.4 is 9.46 Å². The van der Waals surface area contributed by atoms with E-state index >= 15 is 0 Å². The third kappa shape index (κ3) is 5.62. The van der Waals surface area contributed by atoms with E-state index < -0.39 is 21.7 Å². The summed E-state index contributed by atoms with van der Waals surface area (Å²) >= 11 is 0. The Hall–Kier alpha value is -3.26. The number of rotatable bonds is 7. The zero-order valence-electron chi connectivity index (χ0n) is 19.1. The molecule has 5 nitrogen and oxygen atoms in total. The first-order valence-corrected chi connectivity index (χ1v) is 12.9. The number of hydrogen-bond donors (Lipinski definition) is 1. The molecule has 0 saturated heterocycles. The summed E-state index contributed by atoms with van der Waals surface area (Å²) in [5.74, 6) is -1.44. The molecule has 1 heterocycles. The molecule has 8 heteroatoms. The van der Waals surface area contributed by atoms with Crippen LogP contribution >= 0.6 is 0 Å². The van der Waals surface area contributed by atoms with E-state index in [1.807, 2.05) is 19.1 Å². The van der Waals surface area contributed by atoms with Crippen molar-refractivity contribution >= 4 is 21.3 Å². The van der Waals surface area contributed by atoms with Gasteiger partial charge in [-0.3, -0.25) is 9.71 Å². The molecular formula is C26H26F2N2O3S. The normalized spacial score (nSPS) is 13.9. The van der Waals surface area contributed by atoms with E-state index in [0.717, 1.165) is 54.8 Å². The van der Waals surface area contributed by atoms with Crippen molar-refractivity contribution in [3.8, 4) is 22.6 Å². The van der Waals surface area contributed by atoms with Gasteiger partial charge < -0.3 is 4.74 Å². The fourth-order valence-corrected chi connectivity index (χ4v) is 4.53. The summed E-state index contributed by atoms with van der Waals surface area (Å²) in [4.78, 5) is 4.69. The monoisotopic (exact) mass is 484 g/mol. The number of aromatic nitrogens is 1. The van der Waals surface area contributed by atoms with Crippen LogP contribution in [0.2, 0.25) is 0 Å². The number of allylic oxidation sites excluding steroid dienone is 2. The second-order valence-corrected chi connectivity index (χ2v) is 10.3. The molecule has 4 rings (SSSR count). The largest absolute Gasteiger partial charge is 0.454 e. The lowest BCUT2D eigenvalue weighted by Crippen LogP contribution is -2.14. The predicted octanol–water partition coefficient (Wildman–Crippen LogP) is 6.85. The molecule has 178 valence electrons. The average molecular weight is 485 g/mol. The third-order valence-electron chi connectivity index (χ3n) is 5.63. The first-order valence-electron chi connectivity index (χ1n) is 11.2. The Morgan fingerprint density at radius 1 is 1.03 bits per heavy atom.